The van der Waals surface area contributed by atoms with Gasteiger partial charge in [0.1, 0.15) is 5.82 Å². The maximum atomic E-state index is 12.9. The van der Waals surface area contributed by atoms with Crippen molar-refractivity contribution in [1.82, 2.24) is 14.9 Å². The minimum atomic E-state index is -0.250. The number of likely N-dealkylation sites (tertiary alicyclic amines) is 1. The van der Waals surface area contributed by atoms with Crippen LogP contribution in [0.25, 0.3) is 10.9 Å². The third kappa shape index (κ3) is 2.41. The molecule has 0 aromatic carbocycles. The molecule has 2 saturated heterocycles. The minimum Gasteiger partial charge on any atom is -0.383 e. The zero-order valence-electron chi connectivity index (χ0n) is 13.9. The second-order valence-corrected chi connectivity index (χ2v) is 6.69. The SMILES string of the molecule is COCCN1CCC2(CCN(c3nccc4ncccc34)C2)C1=O. The molecule has 24 heavy (non-hydrogen) atoms. The zero-order chi connectivity index (χ0) is 16.6. The Hall–Kier alpha value is -2.21. The summed E-state index contributed by atoms with van der Waals surface area (Å²) in [6, 6.07) is 5.92. The number of carbonyl (C=O) groups is 1. The van der Waals surface area contributed by atoms with Gasteiger partial charge in [0.05, 0.1) is 17.5 Å². The molecule has 1 atom stereocenters. The van der Waals surface area contributed by atoms with E-state index in [4.69, 9.17) is 4.74 Å². The van der Waals surface area contributed by atoms with Gasteiger partial charge < -0.3 is 14.5 Å². The molecule has 0 saturated carbocycles. The molecule has 0 aliphatic carbocycles. The summed E-state index contributed by atoms with van der Waals surface area (Å²) in [5.41, 5.74) is 0.697. The van der Waals surface area contributed by atoms with Crippen LogP contribution in [0.2, 0.25) is 0 Å². The van der Waals surface area contributed by atoms with Crippen LogP contribution in [0.15, 0.2) is 30.6 Å². The van der Waals surface area contributed by atoms with E-state index in [1.807, 2.05) is 17.0 Å². The van der Waals surface area contributed by atoms with Gasteiger partial charge in [-0.05, 0) is 31.0 Å². The Kier molecular flexibility index (Phi) is 3.84. The van der Waals surface area contributed by atoms with E-state index >= 15 is 0 Å². The Morgan fingerprint density at radius 1 is 1.21 bits per heavy atom. The summed E-state index contributed by atoms with van der Waals surface area (Å²) >= 11 is 0. The van der Waals surface area contributed by atoms with E-state index < -0.39 is 0 Å². The number of aromatic nitrogens is 2. The summed E-state index contributed by atoms with van der Waals surface area (Å²) in [7, 11) is 1.67. The summed E-state index contributed by atoms with van der Waals surface area (Å²) in [5, 5.41) is 1.05. The standard InChI is InChI=1S/C18H22N4O2/c1-24-12-11-21-9-5-18(17(21)23)6-10-22(13-18)16-14-3-2-7-19-15(14)4-8-20-16/h2-4,7-8H,5-6,9-13H2,1H3. The molecule has 2 aliphatic heterocycles. The molecule has 4 rings (SSSR count). The van der Waals surface area contributed by atoms with Crippen molar-refractivity contribution in [2.45, 2.75) is 12.8 Å². The number of carbonyl (C=O) groups excluding carboxylic acids is 1. The highest BCUT2D eigenvalue weighted by Gasteiger charge is 2.50. The monoisotopic (exact) mass is 326 g/mol. The molecule has 2 aliphatic rings. The minimum absolute atomic E-state index is 0.250. The van der Waals surface area contributed by atoms with Crippen LogP contribution in [0.5, 0.6) is 0 Å². The molecule has 4 heterocycles. The molecule has 0 N–H and O–H groups in total. The lowest BCUT2D eigenvalue weighted by molar-refractivity contribution is -0.135. The summed E-state index contributed by atoms with van der Waals surface area (Å²) in [4.78, 5) is 26.1. The Labute approximate surface area is 141 Å². The Bertz CT molecular complexity index is 760. The van der Waals surface area contributed by atoms with E-state index in [9.17, 15) is 4.79 Å². The number of ether oxygens (including phenoxy) is 1. The molecule has 1 unspecified atom stereocenters. The predicted octanol–water partition coefficient (Wildman–Crippen LogP) is 1.70. The average molecular weight is 326 g/mol. The van der Waals surface area contributed by atoms with E-state index in [1.54, 1.807) is 19.5 Å². The average Bonchev–Trinajstić information content (AvgIpc) is 3.18. The first-order valence-electron chi connectivity index (χ1n) is 8.46. The van der Waals surface area contributed by atoms with Crippen LogP contribution in [0.4, 0.5) is 5.82 Å². The third-order valence-corrected chi connectivity index (χ3v) is 5.33. The fraction of sp³-hybridized carbons (Fsp3) is 0.500. The van der Waals surface area contributed by atoms with Crippen LogP contribution in [0.3, 0.4) is 0 Å². The van der Waals surface area contributed by atoms with Crippen molar-refractivity contribution in [3.05, 3.63) is 30.6 Å². The fourth-order valence-corrected chi connectivity index (χ4v) is 3.98. The smallest absolute Gasteiger partial charge is 0.230 e. The van der Waals surface area contributed by atoms with Crippen molar-refractivity contribution >= 4 is 22.6 Å². The van der Waals surface area contributed by atoms with Gasteiger partial charge in [0.15, 0.2) is 0 Å². The van der Waals surface area contributed by atoms with Gasteiger partial charge in [0.2, 0.25) is 5.91 Å². The number of amides is 1. The van der Waals surface area contributed by atoms with Crippen molar-refractivity contribution in [3.8, 4) is 0 Å². The maximum Gasteiger partial charge on any atom is 0.230 e. The van der Waals surface area contributed by atoms with Crippen molar-refractivity contribution in [1.29, 1.82) is 0 Å². The highest BCUT2D eigenvalue weighted by Crippen LogP contribution is 2.42. The van der Waals surface area contributed by atoms with Crippen molar-refractivity contribution in [2.75, 3.05) is 44.8 Å². The van der Waals surface area contributed by atoms with E-state index in [-0.39, 0.29) is 11.3 Å². The van der Waals surface area contributed by atoms with Crippen LogP contribution >= 0.6 is 0 Å². The topological polar surface area (TPSA) is 58.6 Å². The first-order valence-corrected chi connectivity index (χ1v) is 8.46. The third-order valence-electron chi connectivity index (χ3n) is 5.33. The normalized spacial score (nSPS) is 23.8. The van der Waals surface area contributed by atoms with Crippen molar-refractivity contribution in [2.24, 2.45) is 5.41 Å². The summed E-state index contributed by atoms with van der Waals surface area (Å²) in [6.45, 7) is 3.73. The molecule has 2 aromatic heterocycles. The van der Waals surface area contributed by atoms with Crippen LogP contribution in [-0.2, 0) is 9.53 Å². The Balaban J connectivity index is 1.57. The molecule has 2 fully saturated rings. The fourth-order valence-electron chi connectivity index (χ4n) is 3.98. The highest BCUT2D eigenvalue weighted by molar-refractivity contribution is 5.91. The molecule has 2 aromatic rings. The Morgan fingerprint density at radius 2 is 2.08 bits per heavy atom. The number of hydrogen-bond donors (Lipinski definition) is 0. The second-order valence-electron chi connectivity index (χ2n) is 6.69. The van der Waals surface area contributed by atoms with E-state index in [2.05, 4.69) is 20.9 Å². The van der Waals surface area contributed by atoms with Gasteiger partial charge in [-0.3, -0.25) is 9.78 Å². The molecule has 1 spiro atoms. The number of nitrogens with zero attached hydrogens (tertiary/aromatic N) is 4. The molecule has 6 heteroatoms. The quantitative estimate of drug-likeness (QED) is 0.856. The lowest BCUT2D eigenvalue weighted by Gasteiger charge is -2.24. The van der Waals surface area contributed by atoms with Gasteiger partial charge in [-0.25, -0.2) is 4.98 Å². The van der Waals surface area contributed by atoms with Crippen molar-refractivity contribution in [3.63, 3.8) is 0 Å². The van der Waals surface area contributed by atoms with Gasteiger partial charge in [-0.1, -0.05) is 0 Å². The highest BCUT2D eigenvalue weighted by atomic mass is 16.5. The first-order chi connectivity index (χ1) is 11.7. The largest absolute Gasteiger partial charge is 0.383 e. The van der Waals surface area contributed by atoms with Gasteiger partial charge >= 0.3 is 0 Å². The molecule has 126 valence electrons. The maximum absolute atomic E-state index is 12.9. The number of fused-ring (bicyclic) bond motifs is 1. The van der Waals surface area contributed by atoms with E-state index in [0.29, 0.717) is 13.2 Å². The van der Waals surface area contributed by atoms with Crippen molar-refractivity contribution < 1.29 is 9.53 Å². The van der Waals surface area contributed by atoms with E-state index in [1.165, 1.54) is 0 Å². The number of anilines is 1. The zero-order valence-corrected chi connectivity index (χ0v) is 13.9. The first kappa shape index (κ1) is 15.3. The molecule has 6 nitrogen and oxygen atoms in total. The lowest BCUT2D eigenvalue weighted by atomic mass is 9.85. The second kappa shape index (κ2) is 6.02. The van der Waals surface area contributed by atoms with Gasteiger partial charge in [0.25, 0.3) is 0 Å². The summed E-state index contributed by atoms with van der Waals surface area (Å²) in [6.07, 6.45) is 5.42. The Morgan fingerprint density at radius 3 is 2.96 bits per heavy atom. The van der Waals surface area contributed by atoms with Gasteiger partial charge in [-0.15, -0.1) is 0 Å². The summed E-state index contributed by atoms with van der Waals surface area (Å²) < 4.78 is 5.12. The lowest BCUT2D eigenvalue weighted by Crippen LogP contribution is -2.38. The number of hydrogen-bond acceptors (Lipinski definition) is 5. The van der Waals surface area contributed by atoms with E-state index in [0.717, 1.165) is 49.2 Å². The van der Waals surface area contributed by atoms with Crippen LogP contribution in [-0.4, -0.2) is 60.7 Å². The summed E-state index contributed by atoms with van der Waals surface area (Å²) in [5.74, 6) is 1.22. The molecule has 0 radical (unpaired) electrons. The van der Waals surface area contributed by atoms with Crippen LogP contribution in [0.1, 0.15) is 12.8 Å². The molecular formula is C18H22N4O2. The number of methoxy groups -OCH3 is 1. The van der Waals surface area contributed by atoms with Crippen LogP contribution < -0.4 is 4.90 Å². The van der Waals surface area contributed by atoms with Crippen LogP contribution in [0, 0.1) is 5.41 Å². The molecular weight excluding hydrogens is 304 g/mol. The van der Waals surface area contributed by atoms with Gasteiger partial charge in [0, 0.05) is 51.1 Å². The van der Waals surface area contributed by atoms with Gasteiger partial charge in [-0.2, -0.15) is 0 Å². The number of pyridine rings is 2. The molecule has 1 amide bonds. The predicted molar refractivity (Wildman–Crippen MR) is 91.9 cm³/mol. The molecule has 0 bridgehead atoms. The number of rotatable bonds is 4.